The lowest BCUT2D eigenvalue weighted by molar-refractivity contribution is -0.105. The third-order valence-corrected chi connectivity index (χ3v) is 37.2. The first kappa shape index (κ1) is 113. The first-order valence-corrected chi connectivity index (χ1v) is 56.2. The van der Waals surface area contributed by atoms with E-state index >= 15 is 4.39 Å². The maximum atomic E-state index is 15.1. The van der Waals surface area contributed by atoms with E-state index in [2.05, 4.69) is 122 Å². The van der Waals surface area contributed by atoms with Crippen LogP contribution in [0.15, 0.2) is 57.1 Å². The molecule has 0 aliphatic carbocycles. The molecular formula is C50H61ClF2N16O49P12S4. The number of hydrogen-bond donors (Lipinski definition) is 21. The molecule has 4 fully saturated rings. The van der Waals surface area contributed by atoms with Gasteiger partial charge in [-0.3, -0.25) is 37.3 Å². The Kier molecular flexibility index (Phi) is 35.7. The molecule has 8 unspecified atom stereocenters. The summed E-state index contributed by atoms with van der Waals surface area (Å²) in [7, 11) is -68.2. The summed E-state index contributed by atoms with van der Waals surface area (Å²) in [5.74, 6) is 0. The van der Waals surface area contributed by atoms with Gasteiger partial charge in [-0.15, -0.1) is 56.9 Å². The Bertz CT molecular complexity index is 6220. The topological polar surface area (TPSA) is 987 Å². The van der Waals surface area contributed by atoms with Crippen LogP contribution >= 0.6 is 151 Å². The quantitative estimate of drug-likeness (QED) is 0.00482. The summed E-state index contributed by atoms with van der Waals surface area (Å²) in [5, 5.41) is 63.6. The predicted molar refractivity (Wildman–Crippen MR) is 435 cm³/mol. The zero-order chi connectivity index (χ0) is 101. The van der Waals surface area contributed by atoms with Crippen molar-refractivity contribution in [2.45, 2.75) is 123 Å². The van der Waals surface area contributed by atoms with Crippen LogP contribution in [0.3, 0.4) is 0 Å². The molecule has 0 bridgehead atoms. The van der Waals surface area contributed by atoms with Crippen LogP contribution in [0.5, 0.6) is 0 Å². The van der Waals surface area contributed by atoms with E-state index in [4.69, 9.17) is 93.9 Å². The van der Waals surface area contributed by atoms with E-state index in [0.717, 1.165) is 22.7 Å². The van der Waals surface area contributed by atoms with E-state index in [9.17, 15) is 124 Å². The Labute approximate surface area is 761 Å². The number of aliphatic hydroxyl groups is 5. The summed E-state index contributed by atoms with van der Waals surface area (Å²) in [6.07, 6.45) is -15.1. The number of fused-ring (bicyclic) bond motifs is 4. The number of phosphoric ester groups is 4. The molecule has 740 valence electrons. The van der Waals surface area contributed by atoms with E-state index < -0.39 is 216 Å². The highest BCUT2D eigenvalue weighted by Gasteiger charge is 2.66. The van der Waals surface area contributed by atoms with E-state index in [1.165, 1.54) is 58.7 Å². The second-order valence-corrected chi connectivity index (χ2v) is 48.2. The van der Waals surface area contributed by atoms with Crippen molar-refractivity contribution in [1.29, 1.82) is 0 Å². The summed E-state index contributed by atoms with van der Waals surface area (Å²) in [4.78, 5) is 187. The minimum Gasteiger partial charge on any atom is -0.388 e. The molecule has 12 rings (SSSR count). The van der Waals surface area contributed by atoms with Gasteiger partial charge in [-0.05, 0) is 60.3 Å². The second kappa shape index (κ2) is 42.4. The molecule has 8 aromatic heterocycles. The van der Waals surface area contributed by atoms with Crippen LogP contribution in [-0.4, -0.2) is 241 Å². The summed E-state index contributed by atoms with van der Waals surface area (Å²) >= 11 is 11.1. The van der Waals surface area contributed by atoms with Crippen LogP contribution in [0.2, 0.25) is 0 Å². The Balaban J connectivity index is 0.000000201. The first-order chi connectivity index (χ1) is 61.4. The van der Waals surface area contributed by atoms with Crippen molar-refractivity contribution in [1.82, 2.24) is 39.9 Å². The summed E-state index contributed by atoms with van der Waals surface area (Å²) in [5.41, 5.74) is 12.6. The largest absolute Gasteiger partial charge is 0.490 e. The van der Waals surface area contributed by atoms with Crippen LogP contribution in [0.1, 0.15) is 69.4 Å². The van der Waals surface area contributed by atoms with Gasteiger partial charge in [0.2, 0.25) is 0 Å². The van der Waals surface area contributed by atoms with Crippen LogP contribution in [0.4, 0.5) is 8.78 Å². The minimum absolute atomic E-state index is 0.144. The zero-order valence-corrected chi connectivity index (χ0v) is 80.2. The number of halogens is 3. The van der Waals surface area contributed by atoms with E-state index in [-0.39, 0.29) is 16.6 Å². The van der Waals surface area contributed by atoms with Crippen LogP contribution in [0.25, 0.3) is 71.4 Å². The highest BCUT2D eigenvalue weighted by molar-refractivity contribution is 7.68. The number of rotatable bonds is 34. The second-order valence-electron chi connectivity index (χ2n) is 26.5. The molecule has 8 aromatic rings. The highest BCUT2D eigenvalue weighted by Crippen LogP contribution is 2.71. The van der Waals surface area contributed by atoms with Crippen LogP contribution < -0.4 is 0 Å². The molecule has 0 saturated carbocycles. The fourth-order valence-corrected chi connectivity index (χ4v) is 28.4. The molecule has 0 aromatic carbocycles. The Hall–Kier alpha value is -4.81. The van der Waals surface area contributed by atoms with Gasteiger partial charge >= 0.3 is 105 Å². The fraction of sp³-hybridized carbons (Fsp3) is 0.480. The molecule has 65 nitrogen and oxygen atoms in total. The van der Waals surface area contributed by atoms with E-state index in [0.29, 0.717) is 69.3 Å². The molecule has 134 heavy (non-hydrogen) atoms. The van der Waals surface area contributed by atoms with Crippen molar-refractivity contribution in [2.75, 3.05) is 26.4 Å². The molecule has 0 spiro atoms. The third kappa shape index (κ3) is 28.0. The fourth-order valence-electron chi connectivity index (χ4n) is 11.8. The smallest absolute Gasteiger partial charge is 0.388 e. The van der Waals surface area contributed by atoms with Crippen molar-refractivity contribution >= 4 is 192 Å². The van der Waals surface area contributed by atoms with Gasteiger partial charge in [0.25, 0.3) is 0 Å². The average molecular weight is 2240 g/mol. The van der Waals surface area contributed by atoms with Crippen molar-refractivity contribution in [2.24, 2.45) is 10.2 Å². The molecular weight excluding hydrogens is 2180 g/mol. The molecule has 4 aliphatic rings. The molecule has 4 saturated heterocycles. The van der Waals surface area contributed by atoms with Crippen molar-refractivity contribution < 1.29 is 239 Å². The Morgan fingerprint density at radius 3 is 0.933 bits per heavy atom. The minimum atomic E-state index is -5.84. The number of ether oxygens (including phenoxy) is 4. The average Bonchev–Trinajstić information content (AvgIpc) is 1.61. The number of phosphoric acid groups is 12. The van der Waals surface area contributed by atoms with E-state index in [1.54, 1.807) is 38.5 Å². The number of azide groups is 2. The van der Waals surface area contributed by atoms with Gasteiger partial charge < -0.3 is 113 Å². The van der Waals surface area contributed by atoms with Gasteiger partial charge in [0.05, 0.1) is 82.2 Å². The Morgan fingerprint density at radius 2 is 0.634 bits per heavy atom. The van der Waals surface area contributed by atoms with Gasteiger partial charge in [-0.2, -0.15) is 34.5 Å². The molecule has 0 radical (unpaired) electrons. The van der Waals surface area contributed by atoms with Crippen LogP contribution in [0, 0.1) is 40.8 Å². The predicted octanol–water partition coefficient (Wildman–Crippen LogP) is 6.99. The normalized spacial score (nSPS) is 29.1. The van der Waals surface area contributed by atoms with Crippen molar-refractivity contribution in [3.8, 4) is 0 Å². The molecule has 0 amide bonds. The summed E-state index contributed by atoms with van der Waals surface area (Å²) in [6.45, 7) is 16.3. The number of hydrogen-bond acceptors (Lipinski definition) is 47. The van der Waals surface area contributed by atoms with E-state index in [1.807, 2.05) is 0 Å². The lowest BCUT2D eigenvalue weighted by atomic mass is 10.0. The zero-order valence-electron chi connectivity index (χ0n) is 65.5. The summed E-state index contributed by atoms with van der Waals surface area (Å²) < 4.78 is 237. The number of alkyl halides is 3. The van der Waals surface area contributed by atoms with Crippen molar-refractivity contribution in [3.05, 3.63) is 136 Å². The molecule has 4 aliphatic heterocycles. The number of aryl methyl sites for hydroxylation is 4. The number of aliphatic hydroxyl groups excluding tert-OH is 5. The van der Waals surface area contributed by atoms with Crippen molar-refractivity contribution in [3.63, 3.8) is 0 Å². The van der Waals surface area contributed by atoms with Gasteiger partial charge in [-0.25, -0.2) is 117 Å². The van der Waals surface area contributed by atoms with Gasteiger partial charge in [0.15, 0.2) is 49.2 Å². The Morgan fingerprint density at radius 1 is 0.381 bits per heavy atom. The highest BCUT2D eigenvalue weighted by atomic mass is 35.5. The molecule has 24 atom stereocenters. The standard InChI is InChI=1S/C13H15FN3O12P3S.C13H16N3O13P3S.C12H15ClN5O12P3S.C12H15FN5O12P3S/c1-6-11-9(17-5-16-6)7(3-33-11)10-8(14)12(18)13(15-2,27-10)4-26-31(22,23)29-32(24,25)28-30(19,20)21;1-6-11-8(16-5-15-6)7(3-33-11)10-9(17)12(18)13(14-2,27-10)4-26-31(22,23)29-32(24,25)28-30(19,20)21;2*1-5-10-8(16-4-15-5)6(2-34-10)9-7(13)11(19)12(28-9,17-18-14)3-27-32(23,24)30-33(25,26)29-31(20,21)22/h3,5,8,10,12,18H,4H2,1H3,(H,22,23)(H,24,25)(H2,19,20,21);3,5,9-10,12,17-18H,4H2,1H3,(H,22,23)(H,24,25)(H2,19,20,21);2*2,4,7,9,11,19H,3H2,1H3,(H,23,24)(H,25,26)(H2,20,21,22)/t8-,10-,12-,13+;9-,10-,12-,13+;2*7-,9-,11-,12+/m0000/s1. The molecule has 12 heterocycles. The van der Waals surface area contributed by atoms with Crippen LogP contribution in [-0.2, 0) is 126 Å². The summed E-state index contributed by atoms with van der Waals surface area (Å²) in [6, 6.07) is 0. The number of nitrogens with zero attached hydrogens (tertiary/aromatic N) is 16. The lowest BCUT2D eigenvalue weighted by Gasteiger charge is -2.27. The third-order valence-electron chi connectivity index (χ3n) is 17.2. The van der Waals surface area contributed by atoms with Gasteiger partial charge in [-0.1, -0.05) is 10.2 Å². The monoisotopic (exact) mass is 2240 g/mol. The first-order valence-electron chi connectivity index (χ1n) is 34.2. The SMILES string of the molecule is Cc1ncnc2c([C@@H]3O[C@@](COP(=O)(O)OP(=O)(O)OP(=O)(O)O)(N=[N+]=[N-])[C@@H](O)[C@H]3Cl)csc12.Cc1ncnc2c([C@@H]3O[C@@](COP(=O)(O)OP(=O)(O)OP(=O)(O)O)(N=[N+]=[N-])[C@@H](O)[C@H]3F)csc12.[C-]#[N+][C@]1(COP(=O)(O)OP(=O)(O)OP(=O)(O)O)O[C@@H](c2csc3c(C)ncnc23)[C@H](F)[C@@H]1O.[C-]#[N+][C@]1(COP(=O)(O)OP(=O)(O)OP(=O)(O)O)O[C@@H](c2csc3c(C)ncnc23)[C@H](O)[C@@H]1O. The van der Waals surface area contributed by atoms with Gasteiger partial charge in [0, 0.05) is 32.1 Å². The maximum Gasteiger partial charge on any atom is 0.490 e. The van der Waals surface area contributed by atoms with Gasteiger partial charge in [0.1, 0.15) is 68.0 Å². The molecule has 21 N–H and O–H groups in total. The lowest BCUT2D eigenvalue weighted by Crippen LogP contribution is -2.44. The molecule has 84 heteroatoms. The maximum absolute atomic E-state index is 15.1. The number of aromatic nitrogens is 8. The number of thiophene rings is 4.